The van der Waals surface area contributed by atoms with Crippen molar-refractivity contribution in [2.24, 2.45) is 41.4 Å². The molecule has 0 aromatic rings. The molecule has 3 fully saturated rings. The molecule has 0 amide bonds. The summed E-state index contributed by atoms with van der Waals surface area (Å²) in [6.45, 7) is 10.3. The second-order valence-electron chi connectivity index (χ2n) is 11.8. The molecule has 3 rings (SSSR count). The number of aliphatic hydroxyl groups excluding tert-OH is 2. The molecule has 2 N–H and O–H groups in total. The van der Waals surface area contributed by atoms with Gasteiger partial charge in [-0.25, -0.2) is 9.59 Å². The summed E-state index contributed by atoms with van der Waals surface area (Å²) in [6, 6.07) is 0. The number of fused-ring (bicyclic) bond motifs is 1. The maximum absolute atomic E-state index is 12.1. The topological polar surface area (TPSA) is 93.1 Å². The second-order valence-corrected chi connectivity index (χ2v) is 11.8. The maximum atomic E-state index is 12.1. The van der Waals surface area contributed by atoms with Crippen molar-refractivity contribution in [3.05, 3.63) is 37.0 Å². The highest BCUT2D eigenvalue weighted by Gasteiger charge is 2.41. The number of hydrogen-bond donors (Lipinski definition) is 2. The number of rotatable bonds is 13. The van der Waals surface area contributed by atoms with E-state index in [1.807, 2.05) is 0 Å². The van der Waals surface area contributed by atoms with Crippen LogP contribution in [-0.2, 0) is 19.1 Å². The fourth-order valence-electron chi connectivity index (χ4n) is 7.14. The van der Waals surface area contributed by atoms with Gasteiger partial charge in [0.1, 0.15) is 0 Å². The maximum Gasteiger partial charge on any atom is 0.335 e. The predicted molar refractivity (Wildman–Crippen MR) is 144 cm³/mol. The third kappa shape index (κ3) is 8.54. The van der Waals surface area contributed by atoms with Crippen molar-refractivity contribution < 1.29 is 29.3 Å². The lowest BCUT2D eigenvalue weighted by Gasteiger charge is -2.46. The number of allylic oxidation sites excluding steroid dienone is 1. The molecule has 3 aliphatic rings. The number of carbonyl (C=O) groups is 2. The lowest BCUT2D eigenvalue weighted by atomic mass is 9.60. The molecule has 0 radical (unpaired) electrons. The van der Waals surface area contributed by atoms with Crippen LogP contribution in [0.2, 0.25) is 0 Å². The van der Waals surface area contributed by atoms with Gasteiger partial charge in [0, 0.05) is 5.92 Å². The molecule has 37 heavy (non-hydrogen) atoms. The monoisotopic (exact) mass is 516 g/mol. The lowest BCUT2D eigenvalue weighted by molar-refractivity contribution is -0.146. The van der Waals surface area contributed by atoms with Crippen LogP contribution < -0.4 is 0 Å². The summed E-state index contributed by atoms with van der Waals surface area (Å²) < 4.78 is 10.9. The molecule has 0 aromatic heterocycles. The van der Waals surface area contributed by atoms with E-state index in [4.69, 9.17) is 19.7 Å². The summed E-state index contributed by atoms with van der Waals surface area (Å²) in [5, 5.41) is 18.3. The van der Waals surface area contributed by atoms with E-state index in [9.17, 15) is 9.59 Å². The van der Waals surface area contributed by atoms with E-state index in [-0.39, 0.29) is 30.3 Å². The summed E-state index contributed by atoms with van der Waals surface area (Å²) in [4.78, 5) is 24.2. The Balaban J connectivity index is 1.53. The Labute approximate surface area is 223 Å². The third-order valence-electron chi connectivity index (χ3n) is 9.51. The van der Waals surface area contributed by atoms with Gasteiger partial charge in [-0.3, -0.25) is 0 Å². The van der Waals surface area contributed by atoms with Crippen LogP contribution in [0, 0.1) is 41.4 Å². The van der Waals surface area contributed by atoms with Gasteiger partial charge < -0.3 is 19.7 Å². The van der Waals surface area contributed by atoms with Gasteiger partial charge in [0.15, 0.2) is 0 Å². The van der Waals surface area contributed by atoms with Gasteiger partial charge in [-0.1, -0.05) is 32.1 Å². The zero-order valence-electron chi connectivity index (χ0n) is 22.6. The molecule has 0 spiro atoms. The Hall–Kier alpha value is -1.92. The molecule has 0 saturated heterocycles. The highest BCUT2D eigenvalue weighted by atomic mass is 16.5. The van der Waals surface area contributed by atoms with Crippen molar-refractivity contribution in [2.45, 2.75) is 77.0 Å². The zero-order valence-corrected chi connectivity index (χ0v) is 22.6. The summed E-state index contributed by atoms with van der Waals surface area (Å²) in [5.74, 6) is 3.02. The summed E-state index contributed by atoms with van der Waals surface area (Å²) in [5.41, 5.74) is 0.0299. The van der Waals surface area contributed by atoms with E-state index in [2.05, 4.69) is 25.8 Å². The molecule has 0 bridgehead atoms. The van der Waals surface area contributed by atoms with Crippen molar-refractivity contribution in [3.63, 3.8) is 0 Å². The van der Waals surface area contributed by atoms with Crippen molar-refractivity contribution >= 4 is 11.9 Å². The molecular weight excluding hydrogens is 468 g/mol. The molecule has 0 aromatic carbocycles. The van der Waals surface area contributed by atoms with E-state index in [0.717, 1.165) is 42.9 Å². The zero-order chi connectivity index (χ0) is 26.8. The number of esters is 2. The van der Waals surface area contributed by atoms with Gasteiger partial charge in [-0.2, -0.15) is 0 Å². The normalized spacial score (nSPS) is 29.7. The number of carbonyl (C=O) groups excluding carboxylic acids is 2. The molecule has 4 unspecified atom stereocenters. The van der Waals surface area contributed by atoms with E-state index >= 15 is 0 Å². The minimum Gasteiger partial charge on any atom is -0.462 e. The summed E-state index contributed by atoms with van der Waals surface area (Å²) in [6.07, 6.45) is 17.3. The van der Waals surface area contributed by atoms with Gasteiger partial charge in [0.05, 0.1) is 37.6 Å². The van der Waals surface area contributed by atoms with E-state index in [1.54, 1.807) is 0 Å². The first-order chi connectivity index (χ1) is 17.9. The third-order valence-corrected chi connectivity index (χ3v) is 9.51. The molecule has 6 nitrogen and oxygen atoms in total. The standard InChI is InChI=1S/C31H48O6/c1-4-5-6-23-7-9-24(10-8-23)25-11-12-27-16-28(14-13-26(27)15-25)29(19-36-30(34)21(2)17-32)20-37-31(35)22(3)18-33/h4,23-29,32-33H,1-3,5-20H2. The van der Waals surface area contributed by atoms with Crippen LogP contribution in [-0.4, -0.2) is 48.6 Å². The van der Waals surface area contributed by atoms with Crippen LogP contribution in [0.1, 0.15) is 77.0 Å². The van der Waals surface area contributed by atoms with Crippen LogP contribution in [0.3, 0.4) is 0 Å². The van der Waals surface area contributed by atoms with E-state index < -0.39 is 25.2 Å². The molecular formula is C31H48O6. The van der Waals surface area contributed by atoms with Crippen LogP contribution in [0.4, 0.5) is 0 Å². The average molecular weight is 517 g/mol. The van der Waals surface area contributed by atoms with E-state index in [1.165, 1.54) is 57.8 Å². The highest BCUT2D eigenvalue weighted by molar-refractivity contribution is 5.88. The SMILES string of the molecule is C=CCCC1CCC(C2CCC3CC(C(COC(=O)C(=C)CO)COC(=O)C(=C)CO)CCC3C2)CC1. The smallest absolute Gasteiger partial charge is 0.335 e. The first kappa shape index (κ1) is 29.6. The number of ether oxygens (including phenoxy) is 2. The molecule has 0 aliphatic heterocycles. The van der Waals surface area contributed by atoms with Gasteiger partial charge in [0.2, 0.25) is 0 Å². The van der Waals surface area contributed by atoms with Crippen LogP contribution in [0.5, 0.6) is 0 Å². The van der Waals surface area contributed by atoms with Gasteiger partial charge >= 0.3 is 11.9 Å². The average Bonchev–Trinajstić information content (AvgIpc) is 2.94. The van der Waals surface area contributed by atoms with Crippen LogP contribution in [0.25, 0.3) is 0 Å². The van der Waals surface area contributed by atoms with Crippen LogP contribution >= 0.6 is 0 Å². The molecule has 0 heterocycles. The second kappa shape index (κ2) is 14.9. The fourth-order valence-corrected chi connectivity index (χ4v) is 7.14. The molecule has 6 heteroatoms. The van der Waals surface area contributed by atoms with Gasteiger partial charge in [-0.15, -0.1) is 6.58 Å². The quantitative estimate of drug-likeness (QED) is 0.194. The molecule has 3 aliphatic carbocycles. The van der Waals surface area contributed by atoms with Gasteiger partial charge in [-0.05, 0) is 99.7 Å². The fraction of sp³-hybridized carbons (Fsp3) is 0.742. The Morgan fingerprint density at radius 1 is 0.757 bits per heavy atom. The minimum atomic E-state index is -0.619. The van der Waals surface area contributed by atoms with E-state index in [0.29, 0.717) is 11.8 Å². The van der Waals surface area contributed by atoms with Gasteiger partial charge in [0.25, 0.3) is 0 Å². The Morgan fingerprint density at radius 2 is 1.24 bits per heavy atom. The number of hydrogen-bond acceptors (Lipinski definition) is 6. The predicted octanol–water partition coefficient (Wildman–Crippen LogP) is 5.39. The van der Waals surface area contributed by atoms with Crippen LogP contribution in [0.15, 0.2) is 37.0 Å². The minimum absolute atomic E-state index is 0.0150. The molecule has 3 saturated carbocycles. The largest absolute Gasteiger partial charge is 0.462 e. The van der Waals surface area contributed by atoms with Crippen molar-refractivity contribution in [1.82, 2.24) is 0 Å². The Morgan fingerprint density at radius 3 is 1.78 bits per heavy atom. The highest BCUT2D eigenvalue weighted by Crippen LogP contribution is 2.50. The first-order valence-electron chi connectivity index (χ1n) is 14.4. The lowest BCUT2D eigenvalue weighted by Crippen LogP contribution is -2.38. The van der Waals surface area contributed by atoms with Crippen molar-refractivity contribution in [3.8, 4) is 0 Å². The Bertz CT molecular complexity index is 764. The molecule has 4 atom stereocenters. The van der Waals surface area contributed by atoms with Crippen molar-refractivity contribution in [1.29, 1.82) is 0 Å². The molecule has 208 valence electrons. The summed E-state index contributed by atoms with van der Waals surface area (Å²) in [7, 11) is 0. The van der Waals surface area contributed by atoms with Crippen molar-refractivity contribution in [2.75, 3.05) is 26.4 Å². The Kier molecular flexibility index (Phi) is 11.9. The summed E-state index contributed by atoms with van der Waals surface area (Å²) >= 11 is 0. The number of aliphatic hydroxyl groups is 2. The first-order valence-corrected chi connectivity index (χ1v) is 14.4.